The lowest BCUT2D eigenvalue weighted by molar-refractivity contribution is -0.142. The third-order valence-corrected chi connectivity index (χ3v) is 4.93. The molecule has 5 heteroatoms. The standard InChI is InChI=1S/C16H28N2O3/c1-2-3-7-14(16(20)21)18-15(19)13-10-9-11-6-4-5-8-12(11)17-13/h11-14,17H,2-10H2,1H3,(H,18,19)(H,20,21)/t11?,12?,13?,14-/m0/s1. The Morgan fingerprint density at radius 2 is 2.00 bits per heavy atom. The fraction of sp³-hybridized carbons (Fsp3) is 0.875. The first-order valence-electron chi connectivity index (χ1n) is 8.41. The van der Waals surface area contributed by atoms with E-state index in [1.54, 1.807) is 0 Å². The molecule has 1 amide bonds. The summed E-state index contributed by atoms with van der Waals surface area (Å²) in [4.78, 5) is 23.5. The number of aliphatic carboxylic acids is 1. The third-order valence-electron chi connectivity index (χ3n) is 4.93. The molecule has 5 nitrogen and oxygen atoms in total. The molecular weight excluding hydrogens is 268 g/mol. The molecule has 2 aliphatic rings. The summed E-state index contributed by atoms with van der Waals surface area (Å²) in [6.07, 6.45) is 9.12. The minimum atomic E-state index is -0.928. The lowest BCUT2D eigenvalue weighted by Gasteiger charge is -2.40. The minimum Gasteiger partial charge on any atom is -0.480 e. The number of piperidine rings is 1. The first-order valence-corrected chi connectivity index (χ1v) is 8.41. The maximum Gasteiger partial charge on any atom is 0.326 e. The van der Waals surface area contributed by atoms with Crippen molar-refractivity contribution in [2.75, 3.05) is 0 Å². The number of carbonyl (C=O) groups is 2. The van der Waals surface area contributed by atoms with E-state index in [2.05, 4.69) is 10.6 Å². The van der Waals surface area contributed by atoms with E-state index in [1.165, 1.54) is 19.3 Å². The second-order valence-corrected chi connectivity index (χ2v) is 6.49. The first-order chi connectivity index (χ1) is 10.1. The van der Waals surface area contributed by atoms with Gasteiger partial charge in [0.05, 0.1) is 6.04 Å². The van der Waals surface area contributed by atoms with Gasteiger partial charge in [-0.3, -0.25) is 4.79 Å². The van der Waals surface area contributed by atoms with Crippen LogP contribution in [0.15, 0.2) is 0 Å². The Morgan fingerprint density at radius 3 is 2.71 bits per heavy atom. The lowest BCUT2D eigenvalue weighted by Crippen LogP contribution is -2.57. The van der Waals surface area contributed by atoms with E-state index in [0.29, 0.717) is 18.4 Å². The quantitative estimate of drug-likeness (QED) is 0.701. The Labute approximate surface area is 126 Å². The lowest BCUT2D eigenvalue weighted by atomic mass is 9.77. The molecule has 2 fully saturated rings. The van der Waals surface area contributed by atoms with Crippen molar-refractivity contribution in [1.82, 2.24) is 10.6 Å². The van der Waals surface area contributed by atoms with Crippen LogP contribution in [0.4, 0.5) is 0 Å². The van der Waals surface area contributed by atoms with Crippen molar-refractivity contribution in [3.63, 3.8) is 0 Å². The number of hydrogen-bond acceptors (Lipinski definition) is 3. The highest BCUT2D eigenvalue weighted by molar-refractivity contribution is 5.87. The van der Waals surface area contributed by atoms with E-state index in [0.717, 1.165) is 32.1 Å². The zero-order chi connectivity index (χ0) is 15.2. The summed E-state index contributed by atoms with van der Waals surface area (Å²) in [5, 5.41) is 15.4. The number of carboxylic acid groups (broad SMARTS) is 1. The number of fused-ring (bicyclic) bond motifs is 1. The Morgan fingerprint density at radius 1 is 1.24 bits per heavy atom. The molecule has 21 heavy (non-hydrogen) atoms. The van der Waals surface area contributed by atoms with Gasteiger partial charge in [-0.05, 0) is 38.0 Å². The summed E-state index contributed by atoms with van der Waals surface area (Å²) < 4.78 is 0. The van der Waals surface area contributed by atoms with Crippen LogP contribution in [0.2, 0.25) is 0 Å². The zero-order valence-corrected chi connectivity index (χ0v) is 12.9. The largest absolute Gasteiger partial charge is 0.480 e. The van der Waals surface area contributed by atoms with Crippen LogP contribution in [-0.2, 0) is 9.59 Å². The van der Waals surface area contributed by atoms with Crippen molar-refractivity contribution in [2.24, 2.45) is 5.92 Å². The molecule has 4 atom stereocenters. The second-order valence-electron chi connectivity index (χ2n) is 6.49. The normalized spacial score (nSPS) is 30.2. The number of rotatable bonds is 6. The molecule has 3 unspecified atom stereocenters. The van der Waals surface area contributed by atoms with E-state index in [-0.39, 0.29) is 11.9 Å². The van der Waals surface area contributed by atoms with Crippen LogP contribution in [0.5, 0.6) is 0 Å². The molecule has 0 spiro atoms. The van der Waals surface area contributed by atoms with E-state index in [4.69, 9.17) is 0 Å². The average molecular weight is 296 g/mol. The van der Waals surface area contributed by atoms with Crippen molar-refractivity contribution in [3.05, 3.63) is 0 Å². The fourth-order valence-corrected chi connectivity index (χ4v) is 3.64. The molecule has 1 aliphatic heterocycles. The van der Waals surface area contributed by atoms with E-state index in [1.807, 2.05) is 6.92 Å². The number of amides is 1. The van der Waals surface area contributed by atoms with Crippen molar-refractivity contribution >= 4 is 11.9 Å². The molecule has 0 bridgehead atoms. The number of carboxylic acids is 1. The van der Waals surface area contributed by atoms with Gasteiger partial charge in [0.15, 0.2) is 0 Å². The van der Waals surface area contributed by atoms with Crippen LogP contribution < -0.4 is 10.6 Å². The molecule has 1 heterocycles. The summed E-state index contributed by atoms with van der Waals surface area (Å²) in [5.74, 6) is -0.358. The van der Waals surface area contributed by atoms with Gasteiger partial charge in [-0.15, -0.1) is 0 Å². The summed E-state index contributed by atoms with van der Waals surface area (Å²) in [7, 11) is 0. The van der Waals surface area contributed by atoms with Crippen molar-refractivity contribution < 1.29 is 14.7 Å². The van der Waals surface area contributed by atoms with Gasteiger partial charge >= 0.3 is 5.97 Å². The van der Waals surface area contributed by atoms with E-state index in [9.17, 15) is 14.7 Å². The maximum atomic E-state index is 12.3. The summed E-state index contributed by atoms with van der Waals surface area (Å²) in [6, 6.07) is -0.515. The molecule has 0 aromatic heterocycles. The predicted molar refractivity (Wildman–Crippen MR) is 81.0 cm³/mol. The molecule has 0 aromatic carbocycles. The maximum absolute atomic E-state index is 12.3. The second kappa shape index (κ2) is 7.78. The van der Waals surface area contributed by atoms with Crippen LogP contribution in [0.1, 0.15) is 64.7 Å². The van der Waals surface area contributed by atoms with Gasteiger partial charge in [-0.2, -0.15) is 0 Å². The third kappa shape index (κ3) is 4.43. The van der Waals surface area contributed by atoms with Crippen molar-refractivity contribution in [3.8, 4) is 0 Å². The van der Waals surface area contributed by atoms with Crippen LogP contribution in [0.3, 0.4) is 0 Å². The van der Waals surface area contributed by atoms with Crippen LogP contribution >= 0.6 is 0 Å². The number of carbonyl (C=O) groups excluding carboxylic acids is 1. The van der Waals surface area contributed by atoms with Gasteiger partial charge < -0.3 is 15.7 Å². The number of unbranched alkanes of at least 4 members (excludes halogenated alkanes) is 1. The Hall–Kier alpha value is -1.10. The van der Waals surface area contributed by atoms with Crippen LogP contribution in [0, 0.1) is 5.92 Å². The van der Waals surface area contributed by atoms with Gasteiger partial charge in [0.1, 0.15) is 6.04 Å². The smallest absolute Gasteiger partial charge is 0.326 e. The van der Waals surface area contributed by atoms with Gasteiger partial charge in [0.2, 0.25) is 5.91 Å². The van der Waals surface area contributed by atoms with Crippen molar-refractivity contribution in [1.29, 1.82) is 0 Å². The summed E-state index contributed by atoms with van der Waals surface area (Å²) in [5.41, 5.74) is 0. The zero-order valence-electron chi connectivity index (χ0n) is 12.9. The van der Waals surface area contributed by atoms with Gasteiger partial charge in [-0.1, -0.05) is 32.6 Å². The molecular formula is C16H28N2O3. The number of nitrogens with one attached hydrogen (secondary N) is 2. The summed E-state index contributed by atoms with van der Waals surface area (Å²) in [6.45, 7) is 2.02. The predicted octanol–water partition coefficient (Wildman–Crippen LogP) is 2.06. The van der Waals surface area contributed by atoms with Gasteiger partial charge in [-0.25, -0.2) is 4.79 Å². The Kier molecular flexibility index (Phi) is 6.03. The monoisotopic (exact) mass is 296 g/mol. The topological polar surface area (TPSA) is 78.4 Å². The number of hydrogen-bond donors (Lipinski definition) is 3. The molecule has 3 N–H and O–H groups in total. The molecule has 1 aliphatic carbocycles. The Bertz CT molecular complexity index is 373. The van der Waals surface area contributed by atoms with Crippen LogP contribution in [-0.4, -0.2) is 35.1 Å². The highest BCUT2D eigenvalue weighted by Gasteiger charge is 2.35. The van der Waals surface area contributed by atoms with Crippen LogP contribution in [0.25, 0.3) is 0 Å². The molecule has 1 saturated heterocycles. The molecule has 0 radical (unpaired) electrons. The SMILES string of the molecule is CCCC[C@H](NC(=O)C1CCC2CCCCC2N1)C(=O)O. The summed E-state index contributed by atoms with van der Waals surface area (Å²) >= 11 is 0. The first kappa shape index (κ1) is 16.3. The van der Waals surface area contributed by atoms with E-state index >= 15 is 0 Å². The molecule has 1 saturated carbocycles. The molecule has 120 valence electrons. The molecule has 2 rings (SSSR count). The average Bonchev–Trinajstić information content (AvgIpc) is 2.50. The van der Waals surface area contributed by atoms with Gasteiger partial charge in [0, 0.05) is 6.04 Å². The highest BCUT2D eigenvalue weighted by atomic mass is 16.4. The molecule has 0 aromatic rings. The highest BCUT2D eigenvalue weighted by Crippen LogP contribution is 2.32. The van der Waals surface area contributed by atoms with Crippen molar-refractivity contribution in [2.45, 2.75) is 82.8 Å². The Balaban J connectivity index is 1.85. The van der Waals surface area contributed by atoms with Gasteiger partial charge in [0.25, 0.3) is 0 Å². The fourth-order valence-electron chi connectivity index (χ4n) is 3.64. The minimum absolute atomic E-state index is 0.137. The van der Waals surface area contributed by atoms with E-state index < -0.39 is 12.0 Å².